The number of amides is 2. The number of allylic oxidation sites excluding steroid dienone is 1. The molecule has 1 saturated carbocycles. The van der Waals surface area contributed by atoms with E-state index in [0.717, 1.165) is 37.3 Å². The van der Waals surface area contributed by atoms with Crippen LogP contribution in [-0.2, 0) is 6.18 Å². The third-order valence-electron chi connectivity index (χ3n) is 3.38. The smallest absolute Gasteiger partial charge is 0.314 e. The van der Waals surface area contributed by atoms with Gasteiger partial charge in [-0.2, -0.15) is 13.2 Å². The number of halogens is 3. The lowest BCUT2D eigenvalue weighted by atomic mass is 9.96. The van der Waals surface area contributed by atoms with Crippen molar-refractivity contribution in [2.24, 2.45) is 0 Å². The van der Waals surface area contributed by atoms with Crippen LogP contribution in [0.5, 0.6) is 0 Å². The average molecular weight is 298 g/mol. The summed E-state index contributed by atoms with van der Waals surface area (Å²) in [6.45, 7) is 0. The number of anilines is 1. The van der Waals surface area contributed by atoms with Crippen molar-refractivity contribution in [1.82, 2.24) is 5.32 Å². The van der Waals surface area contributed by atoms with E-state index >= 15 is 0 Å². The van der Waals surface area contributed by atoms with Crippen LogP contribution in [0.2, 0.25) is 0 Å². The lowest BCUT2D eigenvalue weighted by molar-refractivity contribution is -0.136. The number of hydrogen-bond donors (Lipinski definition) is 2. The van der Waals surface area contributed by atoms with E-state index < -0.39 is 17.8 Å². The summed E-state index contributed by atoms with van der Waals surface area (Å²) in [5.74, 6) is 0. The monoisotopic (exact) mass is 298 g/mol. The minimum atomic E-state index is -4.49. The van der Waals surface area contributed by atoms with Crippen molar-refractivity contribution in [2.45, 2.75) is 38.3 Å². The first kappa shape index (κ1) is 15.4. The van der Waals surface area contributed by atoms with Crippen molar-refractivity contribution >= 4 is 11.7 Å². The highest BCUT2D eigenvalue weighted by Gasteiger charge is 2.33. The molecule has 3 nitrogen and oxygen atoms in total. The molecule has 0 aromatic heterocycles. The molecule has 0 saturated heterocycles. The number of carbonyl (C=O) groups excluding carboxylic acids is 1. The van der Waals surface area contributed by atoms with Crippen molar-refractivity contribution in [2.75, 3.05) is 5.32 Å². The first-order chi connectivity index (χ1) is 9.97. The van der Waals surface area contributed by atoms with Gasteiger partial charge in [-0.15, -0.1) is 0 Å². The highest BCUT2D eigenvalue weighted by atomic mass is 19.4. The second-order valence-corrected chi connectivity index (χ2v) is 5.01. The van der Waals surface area contributed by atoms with Gasteiger partial charge in [-0.3, -0.25) is 0 Å². The van der Waals surface area contributed by atoms with Gasteiger partial charge in [0, 0.05) is 6.20 Å². The number of hydrogen-bond acceptors (Lipinski definition) is 1. The van der Waals surface area contributed by atoms with Crippen LogP contribution in [0.1, 0.15) is 37.7 Å². The normalized spacial score (nSPS) is 15.5. The molecule has 1 fully saturated rings. The summed E-state index contributed by atoms with van der Waals surface area (Å²) in [6, 6.07) is 4.25. The van der Waals surface area contributed by atoms with Gasteiger partial charge in [0.2, 0.25) is 0 Å². The zero-order valence-electron chi connectivity index (χ0n) is 11.5. The zero-order chi connectivity index (χ0) is 15.3. The number of urea groups is 1. The molecule has 0 atom stereocenters. The van der Waals surface area contributed by atoms with Crippen LogP contribution in [0, 0.1) is 0 Å². The number of alkyl halides is 3. The van der Waals surface area contributed by atoms with Gasteiger partial charge in [-0.05, 0) is 37.8 Å². The molecule has 1 aliphatic rings. The van der Waals surface area contributed by atoms with Crippen molar-refractivity contribution < 1.29 is 18.0 Å². The van der Waals surface area contributed by atoms with Crippen LogP contribution in [0.15, 0.2) is 36.0 Å². The minimum absolute atomic E-state index is 0.246. The fourth-order valence-electron chi connectivity index (χ4n) is 2.32. The predicted octanol–water partition coefficient (Wildman–Crippen LogP) is 4.67. The molecule has 0 heterocycles. The Hall–Kier alpha value is -1.98. The van der Waals surface area contributed by atoms with Crippen LogP contribution in [-0.4, -0.2) is 6.03 Å². The fourth-order valence-corrected chi connectivity index (χ4v) is 2.32. The standard InChI is InChI=1S/C15H17F3N2O/c16-15(17,18)12-8-4-5-9-13(12)20-14(21)19-10-11-6-2-1-3-7-11/h4-5,8-10H,1-3,6-7H2,(H2,19,20,21). The minimum Gasteiger partial charge on any atom is -0.314 e. The van der Waals surface area contributed by atoms with E-state index in [2.05, 4.69) is 10.6 Å². The summed E-state index contributed by atoms with van der Waals surface area (Å²) >= 11 is 0. The summed E-state index contributed by atoms with van der Waals surface area (Å²) < 4.78 is 38.4. The van der Waals surface area contributed by atoms with E-state index in [4.69, 9.17) is 0 Å². The second kappa shape index (κ2) is 6.65. The molecule has 6 heteroatoms. The molecular weight excluding hydrogens is 281 g/mol. The number of nitrogens with one attached hydrogen (secondary N) is 2. The SMILES string of the molecule is O=C(NC=C1CCCCC1)Nc1ccccc1C(F)(F)F. The lowest BCUT2D eigenvalue weighted by Gasteiger charge is -2.15. The van der Waals surface area contributed by atoms with Crippen molar-refractivity contribution in [3.05, 3.63) is 41.6 Å². The number of rotatable bonds is 2. The largest absolute Gasteiger partial charge is 0.418 e. The Morgan fingerprint density at radius 2 is 1.76 bits per heavy atom. The Labute approximate surface area is 121 Å². The molecule has 0 bridgehead atoms. The van der Waals surface area contributed by atoms with Crippen molar-refractivity contribution in [3.63, 3.8) is 0 Å². The molecule has 1 aromatic rings. The van der Waals surface area contributed by atoms with Crippen molar-refractivity contribution in [1.29, 1.82) is 0 Å². The molecule has 0 aliphatic heterocycles. The van der Waals surface area contributed by atoms with Gasteiger partial charge in [-0.25, -0.2) is 4.79 Å². The summed E-state index contributed by atoms with van der Waals surface area (Å²) in [5, 5.41) is 4.74. The third kappa shape index (κ3) is 4.51. The highest BCUT2D eigenvalue weighted by molar-refractivity contribution is 5.90. The Morgan fingerprint density at radius 3 is 2.43 bits per heavy atom. The first-order valence-corrected chi connectivity index (χ1v) is 6.88. The second-order valence-electron chi connectivity index (χ2n) is 5.01. The molecule has 2 rings (SSSR count). The Bertz CT molecular complexity index is 530. The van der Waals surface area contributed by atoms with Gasteiger partial charge >= 0.3 is 12.2 Å². The van der Waals surface area contributed by atoms with Gasteiger partial charge in [0.05, 0.1) is 11.3 Å². The van der Waals surface area contributed by atoms with Gasteiger partial charge in [0.15, 0.2) is 0 Å². The number of para-hydroxylation sites is 1. The van der Waals surface area contributed by atoms with E-state index in [1.165, 1.54) is 24.6 Å². The molecule has 1 aromatic carbocycles. The number of benzene rings is 1. The Morgan fingerprint density at radius 1 is 1.10 bits per heavy atom. The zero-order valence-corrected chi connectivity index (χ0v) is 11.5. The van der Waals surface area contributed by atoms with Crippen LogP contribution in [0.3, 0.4) is 0 Å². The third-order valence-corrected chi connectivity index (χ3v) is 3.38. The molecular formula is C15H17F3N2O. The van der Waals surface area contributed by atoms with E-state index in [0.29, 0.717) is 0 Å². The first-order valence-electron chi connectivity index (χ1n) is 6.88. The topological polar surface area (TPSA) is 41.1 Å². The van der Waals surface area contributed by atoms with Crippen LogP contribution >= 0.6 is 0 Å². The summed E-state index contributed by atoms with van der Waals surface area (Å²) in [6.07, 6.45) is 2.33. The summed E-state index contributed by atoms with van der Waals surface area (Å²) in [7, 11) is 0. The van der Waals surface area contributed by atoms with E-state index in [9.17, 15) is 18.0 Å². The van der Waals surface area contributed by atoms with Crippen LogP contribution in [0.4, 0.5) is 23.7 Å². The molecule has 0 radical (unpaired) electrons. The molecule has 114 valence electrons. The Balaban J connectivity index is 2.00. The molecule has 0 unspecified atom stereocenters. The highest BCUT2D eigenvalue weighted by Crippen LogP contribution is 2.34. The molecule has 21 heavy (non-hydrogen) atoms. The molecule has 1 aliphatic carbocycles. The quantitative estimate of drug-likeness (QED) is 0.818. The molecule has 2 amide bonds. The van der Waals surface area contributed by atoms with E-state index in [1.807, 2.05) is 0 Å². The van der Waals surface area contributed by atoms with Gasteiger partial charge in [-0.1, -0.05) is 24.1 Å². The fraction of sp³-hybridized carbons (Fsp3) is 0.400. The van der Waals surface area contributed by atoms with Crippen LogP contribution in [0.25, 0.3) is 0 Å². The van der Waals surface area contributed by atoms with Crippen molar-refractivity contribution in [3.8, 4) is 0 Å². The van der Waals surface area contributed by atoms with E-state index in [1.54, 1.807) is 6.20 Å². The molecule has 0 spiro atoms. The maximum Gasteiger partial charge on any atom is 0.418 e. The lowest BCUT2D eigenvalue weighted by Crippen LogP contribution is -2.26. The molecule has 2 N–H and O–H groups in total. The Kier molecular flexibility index (Phi) is 4.88. The van der Waals surface area contributed by atoms with Crippen LogP contribution < -0.4 is 10.6 Å². The average Bonchev–Trinajstić information content (AvgIpc) is 2.46. The summed E-state index contributed by atoms with van der Waals surface area (Å²) in [4.78, 5) is 11.7. The van der Waals surface area contributed by atoms with Gasteiger partial charge < -0.3 is 10.6 Å². The van der Waals surface area contributed by atoms with Gasteiger partial charge in [0.1, 0.15) is 0 Å². The van der Waals surface area contributed by atoms with E-state index in [-0.39, 0.29) is 5.69 Å². The number of carbonyl (C=O) groups is 1. The maximum absolute atomic E-state index is 12.8. The van der Waals surface area contributed by atoms with Gasteiger partial charge in [0.25, 0.3) is 0 Å². The maximum atomic E-state index is 12.8. The predicted molar refractivity (Wildman–Crippen MR) is 74.8 cm³/mol. The summed E-state index contributed by atoms with van der Waals surface area (Å²) in [5.41, 5.74) is 0.0236.